The van der Waals surface area contributed by atoms with E-state index in [2.05, 4.69) is 21.8 Å². The van der Waals surface area contributed by atoms with Gasteiger partial charge in [-0.2, -0.15) is 0 Å². The second kappa shape index (κ2) is 7.09. The first kappa shape index (κ1) is 10.7. The molecule has 0 aromatic carbocycles. The Hall–Kier alpha value is -1.35. The van der Waals surface area contributed by atoms with Crippen molar-refractivity contribution in [1.29, 1.82) is 0 Å². The van der Waals surface area contributed by atoms with Crippen molar-refractivity contribution in [2.75, 3.05) is 26.2 Å². The fourth-order valence-electron chi connectivity index (χ4n) is 1.18. The standard InChI is InChI=1S/C6H12N2.C5H5N/c1-2-8-5-3-7-4-6-8;1-2-4-6-5-3-1/h2,7H,1,3-6H2;1-5H. The van der Waals surface area contributed by atoms with Gasteiger partial charge < -0.3 is 10.2 Å². The monoisotopic (exact) mass is 191 g/mol. The van der Waals surface area contributed by atoms with Gasteiger partial charge in [-0.15, -0.1) is 0 Å². The van der Waals surface area contributed by atoms with Crippen LogP contribution in [0.5, 0.6) is 0 Å². The molecule has 2 rings (SSSR count). The highest BCUT2D eigenvalue weighted by molar-refractivity contribution is 4.88. The summed E-state index contributed by atoms with van der Waals surface area (Å²) < 4.78 is 0. The van der Waals surface area contributed by atoms with Crippen molar-refractivity contribution in [2.24, 2.45) is 0 Å². The fourth-order valence-corrected chi connectivity index (χ4v) is 1.18. The minimum Gasteiger partial charge on any atom is -0.375 e. The number of nitrogens with zero attached hydrogens (tertiary/aromatic N) is 2. The summed E-state index contributed by atoms with van der Waals surface area (Å²) in [6.07, 6.45) is 5.40. The molecule has 0 radical (unpaired) electrons. The summed E-state index contributed by atoms with van der Waals surface area (Å²) >= 11 is 0. The van der Waals surface area contributed by atoms with E-state index in [1.807, 2.05) is 24.4 Å². The number of hydrogen-bond donors (Lipinski definition) is 1. The molecule has 1 fully saturated rings. The van der Waals surface area contributed by atoms with Gasteiger partial charge in [0.15, 0.2) is 0 Å². The quantitative estimate of drug-likeness (QED) is 0.721. The Morgan fingerprint density at radius 2 is 1.79 bits per heavy atom. The number of rotatable bonds is 1. The summed E-state index contributed by atoms with van der Waals surface area (Å²) in [6.45, 7) is 8.12. The Morgan fingerprint density at radius 3 is 2.07 bits per heavy atom. The van der Waals surface area contributed by atoms with Gasteiger partial charge in [0.25, 0.3) is 0 Å². The zero-order valence-electron chi connectivity index (χ0n) is 8.39. The molecule has 0 atom stereocenters. The molecular formula is C11H17N3. The molecule has 0 amide bonds. The van der Waals surface area contributed by atoms with Gasteiger partial charge in [-0.1, -0.05) is 12.6 Å². The Labute approximate surface area is 85.5 Å². The van der Waals surface area contributed by atoms with E-state index in [9.17, 15) is 0 Å². The minimum atomic E-state index is 1.10. The molecule has 0 bridgehead atoms. The first-order valence-electron chi connectivity index (χ1n) is 4.86. The van der Waals surface area contributed by atoms with Crippen LogP contribution in [0.25, 0.3) is 0 Å². The van der Waals surface area contributed by atoms with E-state index in [1.165, 1.54) is 0 Å². The van der Waals surface area contributed by atoms with E-state index in [-0.39, 0.29) is 0 Å². The lowest BCUT2D eigenvalue weighted by molar-refractivity contribution is 0.325. The van der Waals surface area contributed by atoms with Gasteiger partial charge >= 0.3 is 0 Å². The van der Waals surface area contributed by atoms with Crippen LogP contribution in [0.1, 0.15) is 0 Å². The third-order valence-electron chi connectivity index (χ3n) is 1.98. The largest absolute Gasteiger partial charge is 0.375 e. The number of pyridine rings is 1. The number of aromatic nitrogens is 1. The smallest absolute Gasteiger partial charge is 0.0298 e. The zero-order valence-corrected chi connectivity index (χ0v) is 8.39. The van der Waals surface area contributed by atoms with Crippen LogP contribution < -0.4 is 5.32 Å². The summed E-state index contributed by atoms with van der Waals surface area (Å²) in [7, 11) is 0. The maximum Gasteiger partial charge on any atom is 0.0298 e. The topological polar surface area (TPSA) is 28.2 Å². The highest BCUT2D eigenvalue weighted by Gasteiger charge is 2.01. The van der Waals surface area contributed by atoms with Crippen LogP contribution in [0.2, 0.25) is 0 Å². The lowest BCUT2D eigenvalue weighted by Gasteiger charge is -2.24. The molecule has 1 aromatic heterocycles. The van der Waals surface area contributed by atoms with Crippen molar-refractivity contribution in [1.82, 2.24) is 15.2 Å². The van der Waals surface area contributed by atoms with Crippen LogP contribution in [0.15, 0.2) is 43.4 Å². The van der Waals surface area contributed by atoms with E-state index in [0.717, 1.165) is 26.2 Å². The predicted molar refractivity (Wildman–Crippen MR) is 58.9 cm³/mol. The molecule has 14 heavy (non-hydrogen) atoms. The summed E-state index contributed by atoms with van der Waals surface area (Å²) in [5, 5.41) is 3.26. The van der Waals surface area contributed by atoms with Crippen LogP contribution in [-0.2, 0) is 0 Å². The summed E-state index contributed by atoms with van der Waals surface area (Å²) in [5.41, 5.74) is 0. The highest BCUT2D eigenvalue weighted by atomic mass is 15.2. The SMILES string of the molecule is C=CN1CCNCC1.c1ccncc1. The molecule has 0 spiro atoms. The maximum absolute atomic E-state index is 3.78. The van der Waals surface area contributed by atoms with Gasteiger partial charge in [-0.25, -0.2) is 0 Å². The average molecular weight is 191 g/mol. The van der Waals surface area contributed by atoms with E-state index >= 15 is 0 Å². The first-order chi connectivity index (χ1) is 6.93. The number of piperazine rings is 1. The molecule has 1 aromatic rings. The van der Waals surface area contributed by atoms with Crippen LogP contribution in [0.4, 0.5) is 0 Å². The van der Waals surface area contributed by atoms with Crippen LogP contribution >= 0.6 is 0 Å². The average Bonchev–Trinajstić information content (AvgIpc) is 2.33. The second-order valence-corrected chi connectivity index (χ2v) is 2.99. The fraction of sp³-hybridized carbons (Fsp3) is 0.364. The lowest BCUT2D eigenvalue weighted by Crippen LogP contribution is -2.40. The molecule has 1 saturated heterocycles. The van der Waals surface area contributed by atoms with Crippen molar-refractivity contribution in [3.05, 3.63) is 43.4 Å². The number of nitrogens with one attached hydrogen (secondary N) is 1. The molecule has 3 nitrogen and oxygen atoms in total. The minimum absolute atomic E-state index is 1.10. The van der Waals surface area contributed by atoms with Gasteiger partial charge in [0.05, 0.1) is 0 Å². The van der Waals surface area contributed by atoms with Gasteiger partial charge in [-0.05, 0) is 18.3 Å². The summed E-state index contributed by atoms with van der Waals surface area (Å²) in [4.78, 5) is 6.00. The molecule has 0 aliphatic carbocycles. The van der Waals surface area contributed by atoms with E-state index in [1.54, 1.807) is 12.4 Å². The van der Waals surface area contributed by atoms with E-state index in [4.69, 9.17) is 0 Å². The molecule has 3 heteroatoms. The van der Waals surface area contributed by atoms with Crippen molar-refractivity contribution in [3.63, 3.8) is 0 Å². The van der Waals surface area contributed by atoms with Crippen LogP contribution in [0, 0.1) is 0 Å². The maximum atomic E-state index is 3.78. The summed E-state index contributed by atoms with van der Waals surface area (Å²) in [6, 6.07) is 5.72. The van der Waals surface area contributed by atoms with Crippen molar-refractivity contribution in [3.8, 4) is 0 Å². The second-order valence-electron chi connectivity index (χ2n) is 2.99. The van der Waals surface area contributed by atoms with Crippen molar-refractivity contribution in [2.45, 2.75) is 0 Å². The van der Waals surface area contributed by atoms with Gasteiger partial charge in [0.1, 0.15) is 0 Å². The molecule has 0 saturated carbocycles. The Kier molecular flexibility index (Phi) is 5.43. The van der Waals surface area contributed by atoms with Gasteiger partial charge in [0.2, 0.25) is 0 Å². The van der Waals surface area contributed by atoms with Crippen LogP contribution in [-0.4, -0.2) is 36.1 Å². The Morgan fingerprint density at radius 1 is 1.14 bits per heavy atom. The predicted octanol–water partition coefficient (Wildman–Crippen LogP) is 1.12. The van der Waals surface area contributed by atoms with Crippen molar-refractivity contribution >= 4 is 0 Å². The molecule has 1 N–H and O–H groups in total. The van der Waals surface area contributed by atoms with E-state index in [0.29, 0.717) is 0 Å². The third-order valence-corrected chi connectivity index (χ3v) is 1.98. The Balaban J connectivity index is 0.000000146. The van der Waals surface area contributed by atoms with E-state index < -0.39 is 0 Å². The first-order valence-corrected chi connectivity index (χ1v) is 4.86. The molecule has 1 aliphatic rings. The normalized spacial score (nSPS) is 15.3. The molecule has 1 aliphatic heterocycles. The molecule has 2 heterocycles. The van der Waals surface area contributed by atoms with Gasteiger partial charge in [-0.3, -0.25) is 4.98 Å². The molecular weight excluding hydrogens is 174 g/mol. The highest BCUT2D eigenvalue weighted by Crippen LogP contribution is 1.89. The third kappa shape index (κ3) is 4.62. The Bertz CT molecular complexity index is 203. The van der Waals surface area contributed by atoms with Crippen molar-refractivity contribution < 1.29 is 0 Å². The zero-order chi connectivity index (χ0) is 10.1. The molecule has 0 unspecified atom stereocenters. The molecule has 76 valence electrons. The van der Waals surface area contributed by atoms with Gasteiger partial charge in [0, 0.05) is 38.6 Å². The van der Waals surface area contributed by atoms with Crippen LogP contribution in [0.3, 0.4) is 0 Å². The summed E-state index contributed by atoms with van der Waals surface area (Å²) in [5.74, 6) is 0. The number of hydrogen-bond acceptors (Lipinski definition) is 3. The lowest BCUT2D eigenvalue weighted by atomic mass is 10.4.